The van der Waals surface area contributed by atoms with Gasteiger partial charge in [-0.15, -0.1) is 0 Å². The maximum Gasteiger partial charge on any atom is 0.245 e. The molecule has 0 unspecified atom stereocenters. The first-order valence-corrected chi connectivity index (χ1v) is 5.44. The number of primary amides is 1. The van der Waals surface area contributed by atoms with Crippen molar-refractivity contribution in [3.63, 3.8) is 0 Å². The molecule has 1 amide bonds. The van der Waals surface area contributed by atoms with E-state index < -0.39 is 5.91 Å². The zero-order chi connectivity index (χ0) is 10.2. The molecule has 0 radical (unpaired) electrons. The molecule has 1 rings (SSSR count). The van der Waals surface area contributed by atoms with Gasteiger partial charge in [0.2, 0.25) is 5.91 Å². The summed E-state index contributed by atoms with van der Waals surface area (Å²) in [5.74, 6) is -0.427. The zero-order valence-corrected chi connectivity index (χ0v) is 8.63. The fraction of sp³-hybridized carbons (Fsp3) is 0.900. The van der Waals surface area contributed by atoms with Gasteiger partial charge < -0.3 is 5.73 Å². The monoisotopic (exact) mass is 200 g/mol. The lowest BCUT2D eigenvalue weighted by Crippen LogP contribution is -2.33. The first-order chi connectivity index (χ1) is 6.79. The highest BCUT2D eigenvalue weighted by Crippen LogP contribution is 2.16. The van der Waals surface area contributed by atoms with Crippen LogP contribution in [0, 0.1) is 0 Å². The Morgan fingerprint density at radius 3 is 2.36 bits per heavy atom. The number of rotatable bonds is 4. The maximum atomic E-state index is 10.4. The minimum Gasteiger partial charge on any atom is -0.368 e. The summed E-state index contributed by atoms with van der Waals surface area (Å²) >= 11 is 0. The van der Waals surface area contributed by atoms with Crippen LogP contribution < -0.4 is 11.2 Å². The summed E-state index contributed by atoms with van der Waals surface area (Å²) in [6.45, 7) is -0.0312. The predicted molar refractivity (Wildman–Crippen MR) is 54.4 cm³/mol. The standard InChI is InChI=1S/C10H20N2O2/c11-10(13)8-14-12-9-6-4-2-1-3-5-7-9/h9,12H,1-8H2,(H2,11,13). The second-order valence-electron chi connectivity index (χ2n) is 3.91. The van der Waals surface area contributed by atoms with E-state index in [9.17, 15) is 4.79 Å². The van der Waals surface area contributed by atoms with E-state index in [4.69, 9.17) is 10.6 Å². The van der Waals surface area contributed by atoms with E-state index in [1.54, 1.807) is 0 Å². The van der Waals surface area contributed by atoms with Crippen molar-refractivity contribution in [3.8, 4) is 0 Å². The number of amides is 1. The van der Waals surface area contributed by atoms with Gasteiger partial charge in [0.25, 0.3) is 0 Å². The molecule has 4 nitrogen and oxygen atoms in total. The summed E-state index contributed by atoms with van der Waals surface area (Å²) in [5, 5.41) is 0. The van der Waals surface area contributed by atoms with Crippen molar-refractivity contribution in [2.24, 2.45) is 5.73 Å². The molecule has 0 saturated heterocycles. The van der Waals surface area contributed by atoms with Crippen LogP contribution in [-0.2, 0) is 9.63 Å². The maximum absolute atomic E-state index is 10.4. The topological polar surface area (TPSA) is 64.4 Å². The molecule has 1 saturated carbocycles. The van der Waals surface area contributed by atoms with Crippen LogP contribution in [0.15, 0.2) is 0 Å². The Bertz CT molecular complexity index is 166. The van der Waals surface area contributed by atoms with Crippen LogP contribution in [0.25, 0.3) is 0 Å². The van der Waals surface area contributed by atoms with Gasteiger partial charge in [-0.05, 0) is 12.8 Å². The minimum atomic E-state index is -0.427. The number of carbonyl (C=O) groups excluding carboxylic acids is 1. The molecule has 1 fully saturated rings. The van der Waals surface area contributed by atoms with E-state index in [0.717, 1.165) is 12.8 Å². The Morgan fingerprint density at radius 2 is 1.79 bits per heavy atom. The third kappa shape index (κ3) is 5.19. The molecule has 0 aromatic heterocycles. The van der Waals surface area contributed by atoms with Gasteiger partial charge in [-0.2, -0.15) is 5.48 Å². The van der Waals surface area contributed by atoms with Gasteiger partial charge in [0, 0.05) is 6.04 Å². The second-order valence-corrected chi connectivity index (χ2v) is 3.91. The summed E-state index contributed by atoms with van der Waals surface area (Å²) in [4.78, 5) is 15.4. The fourth-order valence-corrected chi connectivity index (χ4v) is 1.80. The second kappa shape index (κ2) is 6.79. The van der Waals surface area contributed by atoms with Crippen LogP contribution >= 0.6 is 0 Å². The SMILES string of the molecule is NC(=O)CONC1CCCCCCC1. The van der Waals surface area contributed by atoms with E-state index in [1.165, 1.54) is 32.1 Å². The van der Waals surface area contributed by atoms with Crippen molar-refractivity contribution in [2.75, 3.05) is 6.61 Å². The molecule has 0 aromatic carbocycles. The summed E-state index contributed by atoms with van der Waals surface area (Å²) in [7, 11) is 0. The summed E-state index contributed by atoms with van der Waals surface area (Å²) in [6, 6.07) is 0.398. The van der Waals surface area contributed by atoms with E-state index in [-0.39, 0.29) is 6.61 Å². The van der Waals surface area contributed by atoms with Gasteiger partial charge >= 0.3 is 0 Å². The van der Waals surface area contributed by atoms with Crippen LogP contribution in [0.1, 0.15) is 44.9 Å². The minimum absolute atomic E-state index is 0.0312. The Balaban J connectivity index is 2.10. The number of hydrogen-bond donors (Lipinski definition) is 2. The van der Waals surface area contributed by atoms with Crippen LogP contribution in [0.4, 0.5) is 0 Å². The number of nitrogens with one attached hydrogen (secondary N) is 1. The fourth-order valence-electron chi connectivity index (χ4n) is 1.80. The first kappa shape index (κ1) is 11.5. The van der Waals surface area contributed by atoms with Crippen molar-refractivity contribution in [1.29, 1.82) is 0 Å². The Labute approximate surface area is 85.1 Å². The van der Waals surface area contributed by atoms with Gasteiger partial charge in [0.05, 0.1) is 0 Å². The van der Waals surface area contributed by atoms with E-state index in [2.05, 4.69) is 5.48 Å². The first-order valence-electron chi connectivity index (χ1n) is 5.44. The highest BCUT2D eigenvalue weighted by molar-refractivity contribution is 5.74. The van der Waals surface area contributed by atoms with Gasteiger partial charge in [-0.1, -0.05) is 32.1 Å². The van der Waals surface area contributed by atoms with Gasteiger partial charge in [-0.25, -0.2) is 0 Å². The molecule has 0 heterocycles. The molecule has 4 heteroatoms. The van der Waals surface area contributed by atoms with Crippen molar-refractivity contribution in [3.05, 3.63) is 0 Å². The Morgan fingerprint density at radius 1 is 1.21 bits per heavy atom. The predicted octanol–water partition coefficient (Wildman–Crippen LogP) is 1.11. The average molecular weight is 200 g/mol. The smallest absolute Gasteiger partial charge is 0.245 e. The van der Waals surface area contributed by atoms with Crippen molar-refractivity contribution in [2.45, 2.75) is 51.0 Å². The van der Waals surface area contributed by atoms with Crippen LogP contribution in [0.3, 0.4) is 0 Å². The van der Waals surface area contributed by atoms with Crippen LogP contribution in [0.5, 0.6) is 0 Å². The van der Waals surface area contributed by atoms with Crippen molar-refractivity contribution < 1.29 is 9.63 Å². The molecule has 82 valence electrons. The van der Waals surface area contributed by atoms with E-state index in [0.29, 0.717) is 6.04 Å². The number of hydroxylamine groups is 1. The van der Waals surface area contributed by atoms with E-state index in [1.807, 2.05) is 0 Å². The Kier molecular flexibility index (Phi) is 5.56. The third-order valence-electron chi connectivity index (χ3n) is 2.57. The normalized spacial score (nSPS) is 20.0. The molecule has 0 bridgehead atoms. The number of carbonyl (C=O) groups is 1. The molecular formula is C10H20N2O2. The van der Waals surface area contributed by atoms with Gasteiger partial charge in [-0.3, -0.25) is 9.63 Å². The highest BCUT2D eigenvalue weighted by atomic mass is 16.6. The Hall–Kier alpha value is -0.610. The molecule has 1 aliphatic carbocycles. The van der Waals surface area contributed by atoms with Crippen molar-refractivity contribution >= 4 is 5.91 Å². The molecule has 0 aliphatic heterocycles. The molecule has 3 N–H and O–H groups in total. The lowest BCUT2D eigenvalue weighted by atomic mass is 9.97. The third-order valence-corrected chi connectivity index (χ3v) is 2.57. The summed E-state index contributed by atoms with van der Waals surface area (Å²) < 4.78 is 0. The lowest BCUT2D eigenvalue weighted by molar-refractivity contribution is -0.126. The van der Waals surface area contributed by atoms with Gasteiger partial charge in [0.15, 0.2) is 0 Å². The highest BCUT2D eigenvalue weighted by Gasteiger charge is 2.10. The van der Waals surface area contributed by atoms with Gasteiger partial charge in [0.1, 0.15) is 6.61 Å². The largest absolute Gasteiger partial charge is 0.368 e. The molecule has 0 spiro atoms. The lowest BCUT2D eigenvalue weighted by Gasteiger charge is -2.20. The zero-order valence-electron chi connectivity index (χ0n) is 8.63. The van der Waals surface area contributed by atoms with Crippen LogP contribution in [-0.4, -0.2) is 18.6 Å². The summed E-state index contributed by atoms with van der Waals surface area (Å²) in [5.41, 5.74) is 7.88. The summed E-state index contributed by atoms with van der Waals surface area (Å²) in [6.07, 6.45) is 8.75. The molecule has 0 aromatic rings. The average Bonchev–Trinajstić information content (AvgIpc) is 2.07. The molecule has 0 atom stereocenters. The van der Waals surface area contributed by atoms with Crippen LogP contribution in [0.2, 0.25) is 0 Å². The molecule has 14 heavy (non-hydrogen) atoms. The quantitative estimate of drug-likeness (QED) is 0.668. The molecular weight excluding hydrogens is 180 g/mol. The van der Waals surface area contributed by atoms with Crippen molar-refractivity contribution in [1.82, 2.24) is 5.48 Å². The van der Waals surface area contributed by atoms with E-state index >= 15 is 0 Å². The number of nitrogens with two attached hydrogens (primary N) is 1. The number of hydrogen-bond acceptors (Lipinski definition) is 3. The molecule has 1 aliphatic rings.